The fourth-order valence-electron chi connectivity index (χ4n) is 6.74. The SMILES string of the molecule is CC1(C(=O)Nc2nc(Cc3ccc(-c4ccncc4)cc3)cs2)CC2(C#N)c3ccccc3C1c1ccccc12. The number of nitrogens with zero attached hydrogens (tertiary/aromatic N) is 3. The maximum Gasteiger partial charge on any atom is 0.233 e. The number of amides is 1. The molecule has 2 aromatic heterocycles. The summed E-state index contributed by atoms with van der Waals surface area (Å²) in [6.45, 7) is 2.00. The molecule has 0 spiro atoms. The molecular weight excluding hydrogens is 512 g/mol. The van der Waals surface area contributed by atoms with Gasteiger partial charge >= 0.3 is 0 Å². The Morgan fingerprint density at radius 2 is 1.57 bits per heavy atom. The van der Waals surface area contributed by atoms with Gasteiger partial charge < -0.3 is 5.32 Å². The van der Waals surface area contributed by atoms with Crippen LogP contribution in [0, 0.1) is 16.7 Å². The highest BCUT2D eigenvalue weighted by atomic mass is 32.1. The highest BCUT2D eigenvalue weighted by Gasteiger charge is 2.61. The van der Waals surface area contributed by atoms with Crippen LogP contribution in [0.4, 0.5) is 5.13 Å². The molecule has 3 aliphatic rings. The van der Waals surface area contributed by atoms with Crippen molar-refractivity contribution in [2.24, 2.45) is 5.41 Å². The van der Waals surface area contributed by atoms with E-state index < -0.39 is 10.8 Å². The number of pyridine rings is 1. The number of rotatable bonds is 5. The van der Waals surface area contributed by atoms with E-state index in [1.807, 2.05) is 48.7 Å². The molecule has 5 aromatic rings. The van der Waals surface area contributed by atoms with E-state index in [-0.39, 0.29) is 11.8 Å². The van der Waals surface area contributed by atoms with Crippen LogP contribution in [0.1, 0.15) is 52.8 Å². The van der Waals surface area contributed by atoms with E-state index in [4.69, 9.17) is 4.98 Å². The minimum absolute atomic E-state index is 0.0938. The van der Waals surface area contributed by atoms with Gasteiger partial charge in [0.15, 0.2) is 5.13 Å². The van der Waals surface area contributed by atoms with Crippen LogP contribution >= 0.6 is 11.3 Å². The van der Waals surface area contributed by atoms with Gasteiger partial charge in [-0.15, -0.1) is 11.3 Å². The van der Waals surface area contributed by atoms with Gasteiger partial charge in [0.2, 0.25) is 5.91 Å². The van der Waals surface area contributed by atoms with Crippen LogP contribution in [0.3, 0.4) is 0 Å². The zero-order valence-corrected chi connectivity index (χ0v) is 22.8. The molecule has 0 fully saturated rings. The largest absolute Gasteiger partial charge is 0.301 e. The monoisotopic (exact) mass is 538 g/mol. The quantitative estimate of drug-likeness (QED) is 0.259. The van der Waals surface area contributed by atoms with Crippen molar-refractivity contribution in [3.05, 3.63) is 136 Å². The maximum absolute atomic E-state index is 14.0. The fourth-order valence-corrected chi connectivity index (χ4v) is 7.45. The second kappa shape index (κ2) is 9.25. The van der Waals surface area contributed by atoms with E-state index in [0.29, 0.717) is 18.0 Å². The first-order valence-corrected chi connectivity index (χ1v) is 14.2. The summed E-state index contributed by atoms with van der Waals surface area (Å²) in [6.07, 6.45) is 4.71. The minimum atomic E-state index is -0.857. The summed E-state index contributed by atoms with van der Waals surface area (Å²) in [5.74, 6) is -0.225. The number of hydrogen-bond donors (Lipinski definition) is 1. The van der Waals surface area contributed by atoms with Gasteiger partial charge in [0.05, 0.1) is 17.2 Å². The van der Waals surface area contributed by atoms with Gasteiger partial charge in [0, 0.05) is 30.1 Å². The highest BCUT2D eigenvalue weighted by Crippen LogP contribution is 2.63. The average Bonchev–Trinajstić information content (AvgIpc) is 3.44. The molecule has 0 aliphatic heterocycles. The summed E-state index contributed by atoms with van der Waals surface area (Å²) in [7, 11) is 0. The Morgan fingerprint density at radius 3 is 2.23 bits per heavy atom. The number of carbonyl (C=O) groups is 1. The topological polar surface area (TPSA) is 78.7 Å². The third-order valence-electron chi connectivity index (χ3n) is 8.57. The molecule has 5 nitrogen and oxygen atoms in total. The van der Waals surface area contributed by atoms with Gasteiger partial charge in [-0.2, -0.15) is 5.26 Å². The van der Waals surface area contributed by atoms with Crippen molar-refractivity contribution < 1.29 is 4.79 Å². The average molecular weight is 539 g/mol. The van der Waals surface area contributed by atoms with Crippen molar-refractivity contribution in [3.63, 3.8) is 0 Å². The number of hydrogen-bond acceptors (Lipinski definition) is 5. The van der Waals surface area contributed by atoms with Crippen molar-refractivity contribution in [3.8, 4) is 17.2 Å². The molecular formula is C34H26N4OS. The molecule has 1 atom stereocenters. The molecule has 2 bridgehead atoms. The summed E-state index contributed by atoms with van der Waals surface area (Å²) in [6, 6.07) is 31.3. The Kier molecular flexibility index (Phi) is 5.65. The second-order valence-electron chi connectivity index (χ2n) is 10.9. The van der Waals surface area contributed by atoms with Gasteiger partial charge in [-0.05, 0) is 64.4 Å². The molecule has 2 heterocycles. The van der Waals surface area contributed by atoms with E-state index >= 15 is 0 Å². The summed E-state index contributed by atoms with van der Waals surface area (Å²) >= 11 is 1.44. The Labute approximate surface area is 237 Å². The Hall–Kier alpha value is -4.60. The zero-order chi connectivity index (χ0) is 27.3. The van der Waals surface area contributed by atoms with Crippen molar-refractivity contribution in [1.82, 2.24) is 9.97 Å². The summed E-state index contributed by atoms with van der Waals surface area (Å²) in [5.41, 5.74) is 6.88. The molecule has 0 saturated carbocycles. The third kappa shape index (κ3) is 3.70. The van der Waals surface area contributed by atoms with Crippen LogP contribution in [0.15, 0.2) is 103 Å². The summed E-state index contributed by atoms with van der Waals surface area (Å²) in [4.78, 5) is 22.9. The van der Waals surface area contributed by atoms with Gasteiger partial charge in [0.25, 0.3) is 0 Å². The van der Waals surface area contributed by atoms with Gasteiger partial charge in [-0.25, -0.2) is 4.98 Å². The van der Waals surface area contributed by atoms with Crippen LogP contribution < -0.4 is 5.32 Å². The number of fused-ring (bicyclic) bond motifs is 1. The first-order valence-electron chi connectivity index (χ1n) is 13.4. The maximum atomic E-state index is 14.0. The van der Waals surface area contributed by atoms with Crippen LogP contribution in [-0.4, -0.2) is 15.9 Å². The van der Waals surface area contributed by atoms with Gasteiger partial charge in [0.1, 0.15) is 5.41 Å². The van der Waals surface area contributed by atoms with E-state index in [2.05, 4.69) is 64.9 Å². The lowest BCUT2D eigenvalue weighted by molar-refractivity contribution is -0.127. The Morgan fingerprint density at radius 1 is 0.950 bits per heavy atom. The minimum Gasteiger partial charge on any atom is -0.301 e. The van der Waals surface area contributed by atoms with Crippen molar-refractivity contribution in [2.75, 3.05) is 5.32 Å². The molecule has 3 aromatic carbocycles. The molecule has 6 heteroatoms. The standard InChI is InChI=1S/C34H26N4OS/c1-33(20-34(21-35)28-8-4-2-6-26(28)30(33)27-7-3-5-9-29(27)34)31(39)38-32-37-25(19-40-32)18-22-10-12-23(13-11-22)24-14-16-36-17-15-24/h2-17,19,30H,18,20H2,1H3,(H,37,38,39). The first kappa shape index (κ1) is 24.4. The predicted octanol–water partition coefficient (Wildman–Crippen LogP) is 7.10. The molecule has 3 aliphatic carbocycles. The zero-order valence-electron chi connectivity index (χ0n) is 22.0. The molecule has 0 radical (unpaired) electrons. The number of anilines is 1. The smallest absolute Gasteiger partial charge is 0.233 e. The van der Waals surface area contributed by atoms with Crippen LogP contribution in [0.2, 0.25) is 0 Å². The number of nitrogens with one attached hydrogen (secondary N) is 1. The third-order valence-corrected chi connectivity index (χ3v) is 9.37. The lowest BCUT2D eigenvalue weighted by atomic mass is 9.47. The number of aromatic nitrogens is 2. The predicted molar refractivity (Wildman–Crippen MR) is 157 cm³/mol. The van der Waals surface area contributed by atoms with Crippen molar-refractivity contribution in [2.45, 2.75) is 31.1 Å². The van der Waals surface area contributed by atoms with Gasteiger partial charge in [-0.1, -0.05) is 72.8 Å². The molecule has 1 unspecified atom stereocenters. The number of thiazole rings is 1. The molecule has 194 valence electrons. The second-order valence-corrected chi connectivity index (χ2v) is 11.8. The van der Waals surface area contributed by atoms with Gasteiger partial charge in [-0.3, -0.25) is 9.78 Å². The lowest BCUT2D eigenvalue weighted by Gasteiger charge is -2.54. The van der Waals surface area contributed by atoms with Crippen LogP contribution in [-0.2, 0) is 16.6 Å². The highest BCUT2D eigenvalue weighted by molar-refractivity contribution is 7.13. The van der Waals surface area contributed by atoms with E-state index in [1.165, 1.54) is 11.3 Å². The van der Waals surface area contributed by atoms with E-state index in [1.54, 1.807) is 12.4 Å². The molecule has 40 heavy (non-hydrogen) atoms. The van der Waals surface area contributed by atoms with Crippen LogP contribution in [0.25, 0.3) is 11.1 Å². The first-order chi connectivity index (χ1) is 19.5. The normalized spacial score (nSPS) is 22.1. The number of carbonyl (C=O) groups excluding carboxylic acids is 1. The van der Waals surface area contributed by atoms with Crippen LogP contribution in [0.5, 0.6) is 0 Å². The van der Waals surface area contributed by atoms with Crippen molar-refractivity contribution >= 4 is 22.4 Å². The number of benzene rings is 3. The Bertz CT molecular complexity index is 1740. The molecule has 1 amide bonds. The fraction of sp³-hybridized carbons (Fsp3) is 0.176. The van der Waals surface area contributed by atoms with E-state index in [0.717, 1.165) is 44.6 Å². The molecule has 8 rings (SSSR count). The van der Waals surface area contributed by atoms with Crippen molar-refractivity contribution in [1.29, 1.82) is 5.26 Å². The Balaban J connectivity index is 1.14. The molecule has 0 saturated heterocycles. The summed E-state index contributed by atoms with van der Waals surface area (Å²) in [5, 5.41) is 16.3. The molecule has 1 N–H and O–H groups in total. The summed E-state index contributed by atoms with van der Waals surface area (Å²) < 4.78 is 0. The number of nitriles is 1. The lowest BCUT2D eigenvalue weighted by Crippen LogP contribution is -2.53. The van der Waals surface area contributed by atoms with E-state index in [9.17, 15) is 10.1 Å².